The number of hydrogen-bond donors (Lipinski definition) is 1. The normalized spacial score (nSPS) is 14.2. The van der Waals surface area contributed by atoms with Crippen molar-refractivity contribution < 1.29 is 9.84 Å². The van der Waals surface area contributed by atoms with Crippen molar-refractivity contribution in [3.63, 3.8) is 0 Å². The lowest BCUT2D eigenvalue weighted by Crippen LogP contribution is -2.25. The molecule has 2 aromatic rings. The molecule has 4 heteroatoms. The van der Waals surface area contributed by atoms with Gasteiger partial charge in [0.15, 0.2) is 0 Å². The number of methoxy groups -OCH3 is 1. The van der Waals surface area contributed by atoms with Crippen molar-refractivity contribution in [1.29, 1.82) is 0 Å². The van der Waals surface area contributed by atoms with Crippen LogP contribution in [0.2, 0.25) is 0 Å². The molecule has 1 heterocycles. The number of benzene rings is 1. The lowest BCUT2D eigenvalue weighted by molar-refractivity contribution is 0.0554. The van der Waals surface area contributed by atoms with Crippen LogP contribution in [0.1, 0.15) is 23.9 Å². The fourth-order valence-corrected chi connectivity index (χ4v) is 2.24. The zero-order chi connectivity index (χ0) is 14.0. The van der Waals surface area contributed by atoms with Gasteiger partial charge in [0.2, 0.25) is 0 Å². The van der Waals surface area contributed by atoms with E-state index in [-0.39, 0.29) is 0 Å². The molecule has 0 saturated heterocycles. The molecule has 0 radical (unpaired) electrons. The molecule has 0 bridgehead atoms. The second kappa shape index (κ2) is 5.05. The highest BCUT2D eigenvalue weighted by Gasteiger charge is 2.25. The molecule has 1 atom stereocenters. The molecule has 1 aromatic heterocycles. The third kappa shape index (κ3) is 2.96. The van der Waals surface area contributed by atoms with Gasteiger partial charge >= 0.3 is 0 Å². The molecule has 0 aliphatic carbocycles. The van der Waals surface area contributed by atoms with Crippen LogP contribution in [0.4, 0.5) is 0 Å². The maximum absolute atomic E-state index is 10.7. The molecule has 1 aromatic carbocycles. The summed E-state index contributed by atoms with van der Waals surface area (Å²) in [7, 11) is 3.52. The van der Waals surface area contributed by atoms with Crippen LogP contribution in [-0.2, 0) is 19.1 Å². The van der Waals surface area contributed by atoms with Gasteiger partial charge in [-0.3, -0.25) is 4.68 Å². The van der Waals surface area contributed by atoms with Crippen LogP contribution in [-0.4, -0.2) is 22.0 Å². The monoisotopic (exact) mass is 260 g/mol. The van der Waals surface area contributed by atoms with E-state index in [1.165, 1.54) is 0 Å². The third-order valence-electron chi connectivity index (χ3n) is 3.32. The first-order valence-corrected chi connectivity index (χ1v) is 6.29. The van der Waals surface area contributed by atoms with Gasteiger partial charge in [0.1, 0.15) is 5.75 Å². The predicted molar refractivity (Wildman–Crippen MR) is 74.2 cm³/mol. The smallest absolute Gasteiger partial charge is 0.119 e. The van der Waals surface area contributed by atoms with Crippen molar-refractivity contribution in [1.82, 2.24) is 9.78 Å². The largest absolute Gasteiger partial charge is 0.497 e. The SMILES string of the molecule is COc1cccc(C(C)(O)Cc2cc(C)nn2C)c1. The van der Waals surface area contributed by atoms with E-state index in [1.54, 1.807) is 7.11 Å². The lowest BCUT2D eigenvalue weighted by Gasteiger charge is -2.24. The lowest BCUT2D eigenvalue weighted by atomic mass is 9.91. The highest BCUT2D eigenvalue weighted by molar-refractivity contribution is 5.33. The van der Waals surface area contributed by atoms with Crippen molar-refractivity contribution in [2.75, 3.05) is 7.11 Å². The van der Waals surface area contributed by atoms with E-state index in [4.69, 9.17) is 4.74 Å². The Morgan fingerprint density at radius 3 is 2.68 bits per heavy atom. The zero-order valence-electron chi connectivity index (χ0n) is 11.8. The first kappa shape index (κ1) is 13.6. The Morgan fingerprint density at radius 1 is 1.37 bits per heavy atom. The van der Waals surface area contributed by atoms with Crippen molar-refractivity contribution >= 4 is 0 Å². The number of rotatable bonds is 4. The maximum Gasteiger partial charge on any atom is 0.119 e. The Balaban J connectivity index is 2.28. The van der Waals surface area contributed by atoms with Crippen molar-refractivity contribution in [2.24, 2.45) is 7.05 Å². The van der Waals surface area contributed by atoms with Gasteiger partial charge in [-0.15, -0.1) is 0 Å². The van der Waals surface area contributed by atoms with Gasteiger partial charge in [-0.2, -0.15) is 5.10 Å². The molecular weight excluding hydrogens is 240 g/mol. The second-order valence-electron chi connectivity index (χ2n) is 5.08. The van der Waals surface area contributed by atoms with Crippen molar-refractivity contribution in [3.8, 4) is 5.75 Å². The van der Waals surface area contributed by atoms with Crippen LogP contribution in [0.25, 0.3) is 0 Å². The van der Waals surface area contributed by atoms with Gasteiger partial charge in [-0.25, -0.2) is 0 Å². The Kier molecular flexibility index (Phi) is 3.62. The number of nitrogens with zero attached hydrogens (tertiary/aromatic N) is 2. The first-order chi connectivity index (χ1) is 8.92. The summed E-state index contributed by atoms with van der Waals surface area (Å²) >= 11 is 0. The van der Waals surface area contributed by atoms with E-state index in [0.29, 0.717) is 6.42 Å². The Bertz CT molecular complexity index is 573. The minimum atomic E-state index is -0.950. The molecule has 4 nitrogen and oxygen atoms in total. The fraction of sp³-hybridized carbons (Fsp3) is 0.400. The number of hydrogen-bond acceptors (Lipinski definition) is 3. The van der Waals surface area contributed by atoms with Gasteiger partial charge in [0.05, 0.1) is 18.4 Å². The standard InChI is InChI=1S/C15H20N2O2/c1-11-8-13(17(3)16-11)10-15(2,18)12-6-5-7-14(9-12)19-4/h5-9,18H,10H2,1-4H3. The van der Waals surface area contributed by atoms with Gasteiger partial charge in [-0.1, -0.05) is 12.1 Å². The summed E-state index contributed by atoms with van der Waals surface area (Å²) in [5, 5.41) is 15.0. The van der Waals surface area contributed by atoms with E-state index < -0.39 is 5.60 Å². The second-order valence-corrected chi connectivity index (χ2v) is 5.08. The van der Waals surface area contributed by atoms with Crippen LogP contribution in [0.5, 0.6) is 5.75 Å². The molecule has 1 N–H and O–H groups in total. The molecular formula is C15H20N2O2. The highest BCUT2D eigenvalue weighted by atomic mass is 16.5. The summed E-state index contributed by atoms with van der Waals surface area (Å²) in [4.78, 5) is 0. The molecule has 0 aliphatic rings. The number of aromatic nitrogens is 2. The van der Waals surface area contributed by atoms with Gasteiger partial charge < -0.3 is 9.84 Å². The zero-order valence-corrected chi connectivity index (χ0v) is 11.8. The summed E-state index contributed by atoms with van der Waals surface area (Å²) in [5.41, 5.74) is 1.85. The topological polar surface area (TPSA) is 47.3 Å². The highest BCUT2D eigenvalue weighted by Crippen LogP contribution is 2.28. The number of ether oxygens (including phenoxy) is 1. The maximum atomic E-state index is 10.7. The molecule has 2 rings (SSSR count). The minimum Gasteiger partial charge on any atom is -0.497 e. The van der Waals surface area contributed by atoms with E-state index in [2.05, 4.69) is 5.10 Å². The molecule has 0 aliphatic heterocycles. The molecule has 0 fully saturated rings. The van der Waals surface area contributed by atoms with Crippen molar-refractivity contribution in [2.45, 2.75) is 25.9 Å². The van der Waals surface area contributed by atoms with Crippen LogP contribution in [0.15, 0.2) is 30.3 Å². The van der Waals surface area contributed by atoms with E-state index in [9.17, 15) is 5.11 Å². The Hall–Kier alpha value is -1.81. The molecule has 0 saturated carbocycles. The van der Waals surface area contributed by atoms with Crippen LogP contribution < -0.4 is 4.74 Å². The van der Waals surface area contributed by atoms with Crippen LogP contribution in [0.3, 0.4) is 0 Å². The number of aliphatic hydroxyl groups is 1. The van der Waals surface area contributed by atoms with E-state index in [0.717, 1.165) is 22.7 Å². The van der Waals surface area contributed by atoms with Crippen LogP contribution in [0, 0.1) is 6.92 Å². The van der Waals surface area contributed by atoms with E-state index in [1.807, 2.05) is 55.9 Å². The summed E-state index contributed by atoms with van der Waals surface area (Å²) in [5.74, 6) is 0.749. The van der Waals surface area contributed by atoms with E-state index >= 15 is 0 Å². The molecule has 19 heavy (non-hydrogen) atoms. The molecule has 1 unspecified atom stereocenters. The fourth-order valence-electron chi connectivity index (χ4n) is 2.24. The first-order valence-electron chi connectivity index (χ1n) is 6.29. The Labute approximate surface area is 113 Å². The summed E-state index contributed by atoms with van der Waals surface area (Å²) in [6, 6.07) is 9.52. The molecule has 0 amide bonds. The average molecular weight is 260 g/mol. The van der Waals surface area contributed by atoms with Gasteiger partial charge in [-0.05, 0) is 37.6 Å². The summed E-state index contributed by atoms with van der Waals surface area (Å²) in [6.07, 6.45) is 0.511. The third-order valence-corrected chi connectivity index (χ3v) is 3.32. The summed E-state index contributed by atoms with van der Waals surface area (Å²) in [6.45, 7) is 3.76. The minimum absolute atomic E-state index is 0.511. The molecule has 0 spiro atoms. The molecule has 102 valence electrons. The quantitative estimate of drug-likeness (QED) is 0.916. The average Bonchev–Trinajstić information content (AvgIpc) is 2.67. The van der Waals surface area contributed by atoms with Crippen LogP contribution >= 0.6 is 0 Å². The Morgan fingerprint density at radius 2 is 2.11 bits per heavy atom. The van der Waals surface area contributed by atoms with Gasteiger partial charge in [0, 0.05) is 19.2 Å². The van der Waals surface area contributed by atoms with Crippen molar-refractivity contribution in [3.05, 3.63) is 47.3 Å². The summed E-state index contributed by atoms with van der Waals surface area (Å²) < 4.78 is 7.01. The predicted octanol–water partition coefficient (Wildman–Crippen LogP) is 2.19. The van der Waals surface area contributed by atoms with Gasteiger partial charge in [0.25, 0.3) is 0 Å². The number of aryl methyl sites for hydroxylation is 2.